The van der Waals surface area contributed by atoms with Crippen molar-refractivity contribution in [2.75, 3.05) is 12.3 Å². The van der Waals surface area contributed by atoms with Gasteiger partial charge in [0.2, 0.25) is 0 Å². The van der Waals surface area contributed by atoms with E-state index in [1.807, 2.05) is 13.8 Å². The summed E-state index contributed by atoms with van der Waals surface area (Å²) < 4.78 is 32.2. The molecule has 142 valence electrons. The number of nitro benzene ring substituents is 1. The average molecular weight is 406 g/mol. The number of hydrogen-bond acceptors (Lipinski definition) is 5. The van der Waals surface area contributed by atoms with Gasteiger partial charge in [-0.2, -0.15) is 0 Å². The molecule has 0 unspecified atom stereocenters. The summed E-state index contributed by atoms with van der Waals surface area (Å²) in [4.78, 5) is 11.0. The predicted molar refractivity (Wildman–Crippen MR) is 106 cm³/mol. The maximum absolute atomic E-state index is 13.2. The van der Waals surface area contributed by atoms with Crippen molar-refractivity contribution >= 4 is 32.3 Å². The monoisotopic (exact) mass is 405 g/mol. The fraction of sp³-hybridized carbons (Fsp3) is 0.222. The van der Waals surface area contributed by atoms with Gasteiger partial charge >= 0.3 is 0 Å². The van der Waals surface area contributed by atoms with Crippen molar-refractivity contribution in [1.82, 2.24) is 3.71 Å². The van der Waals surface area contributed by atoms with E-state index in [2.05, 4.69) is 4.36 Å². The Balaban J connectivity index is 2.14. The highest BCUT2D eigenvalue weighted by atomic mass is 32.3. The molecule has 0 aromatic heterocycles. The topological polar surface area (TPSA) is 92.9 Å². The average Bonchev–Trinajstić information content (AvgIpc) is 2.65. The molecule has 7 nitrogen and oxygen atoms in total. The summed E-state index contributed by atoms with van der Waals surface area (Å²) in [6.07, 6.45) is 0. The third-order valence-corrected chi connectivity index (χ3v) is 8.60. The van der Waals surface area contributed by atoms with Crippen molar-refractivity contribution in [3.05, 3.63) is 75.9 Å². The lowest BCUT2D eigenvalue weighted by Gasteiger charge is -2.30. The molecular weight excluding hydrogens is 386 g/mol. The Morgan fingerprint density at radius 3 is 2.33 bits per heavy atom. The molecule has 0 saturated carbocycles. The summed E-state index contributed by atoms with van der Waals surface area (Å²) in [6, 6.07) is 14.3. The van der Waals surface area contributed by atoms with Gasteiger partial charge in [-0.1, -0.05) is 41.5 Å². The fourth-order valence-corrected chi connectivity index (χ4v) is 6.77. The normalized spacial score (nSPS) is 18.7. The lowest BCUT2D eigenvalue weighted by molar-refractivity contribution is -0.384. The zero-order valence-corrected chi connectivity index (χ0v) is 16.5. The Morgan fingerprint density at radius 2 is 1.67 bits per heavy atom. The van der Waals surface area contributed by atoms with Crippen molar-refractivity contribution in [2.24, 2.45) is 4.36 Å². The molecule has 0 amide bonds. The van der Waals surface area contributed by atoms with Gasteiger partial charge in [0, 0.05) is 18.4 Å². The number of para-hydroxylation sites is 1. The van der Waals surface area contributed by atoms with E-state index in [4.69, 9.17) is 0 Å². The number of rotatable bonds is 4. The smallest absolute Gasteiger partial charge is 0.258 e. The molecule has 3 rings (SSSR count). The number of hydrogen-bond donors (Lipinski definition) is 0. The molecule has 2 aromatic rings. The second-order valence-corrected chi connectivity index (χ2v) is 9.85. The zero-order chi connectivity index (χ0) is 19.6. The fourth-order valence-electron chi connectivity index (χ4n) is 2.59. The van der Waals surface area contributed by atoms with Crippen LogP contribution in [-0.2, 0) is 20.9 Å². The molecule has 2 aromatic carbocycles. The molecule has 1 atom stereocenters. The van der Waals surface area contributed by atoms with Crippen LogP contribution in [0.2, 0.25) is 0 Å². The predicted octanol–water partition coefficient (Wildman–Crippen LogP) is 3.98. The van der Waals surface area contributed by atoms with Crippen LogP contribution in [0.5, 0.6) is 0 Å². The van der Waals surface area contributed by atoms with Gasteiger partial charge in [0.25, 0.3) is 15.7 Å². The largest absolute Gasteiger partial charge is 0.295 e. The summed E-state index contributed by atoms with van der Waals surface area (Å²) in [5.74, 6) is 0.421. The van der Waals surface area contributed by atoms with Crippen LogP contribution in [0.4, 0.5) is 11.4 Å². The lowest BCUT2D eigenvalue weighted by atomic mass is 10.2. The van der Waals surface area contributed by atoms with Crippen molar-refractivity contribution in [3.63, 3.8) is 0 Å². The van der Waals surface area contributed by atoms with Crippen molar-refractivity contribution in [3.8, 4) is 0 Å². The number of sulfonamides is 1. The van der Waals surface area contributed by atoms with Gasteiger partial charge in [0.1, 0.15) is 5.69 Å². The van der Waals surface area contributed by atoms with Gasteiger partial charge in [0.15, 0.2) is 0 Å². The Bertz CT molecular complexity index is 1050. The lowest BCUT2D eigenvalue weighted by Crippen LogP contribution is -2.38. The molecule has 0 spiro atoms. The first-order valence-electron chi connectivity index (χ1n) is 8.20. The molecule has 1 aliphatic rings. The van der Waals surface area contributed by atoms with Crippen LogP contribution in [0, 0.1) is 10.1 Å². The van der Waals surface area contributed by atoms with Crippen LogP contribution in [-0.4, -0.2) is 29.3 Å². The second-order valence-electron chi connectivity index (χ2n) is 6.16. The van der Waals surface area contributed by atoms with E-state index in [9.17, 15) is 18.5 Å². The first-order valence-corrected chi connectivity index (χ1v) is 10.9. The SMILES string of the molecule is CC1=C(C)C[S@](=Nc2ccccc2[N+](=O)[O-])N(S(=O)(=O)c2ccccc2)C1. The van der Waals surface area contributed by atoms with Crippen molar-refractivity contribution in [2.45, 2.75) is 18.7 Å². The van der Waals surface area contributed by atoms with Crippen LogP contribution in [0.1, 0.15) is 13.8 Å². The summed E-state index contributed by atoms with van der Waals surface area (Å²) in [5.41, 5.74) is 2.08. The minimum Gasteiger partial charge on any atom is -0.258 e. The van der Waals surface area contributed by atoms with Gasteiger partial charge in [-0.25, -0.2) is 12.8 Å². The van der Waals surface area contributed by atoms with Crippen LogP contribution in [0.25, 0.3) is 0 Å². The van der Waals surface area contributed by atoms with Gasteiger partial charge in [-0.05, 0) is 42.9 Å². The van der Waals surface area contributed by atoms with E-state index in [0.717, 1.165) is 11.1 Å². The Morgan fingerprint density at radius 1 is 1.04 bits per heavy atom. The van der Waals surface area contributed by atoms with Crippen LogP contribution >= 0.6 is 0 Å². The Labute approximate surface area is 160 Å². The first kappa shape index (κ1) is 19.4. The minimum absolute atomic E-state index is 0.133. The Hall–Kier alpha value is -2.36. The quantitative estimate of drug-likeness (QED) is 0.437. The highest BCUT2D eigenvalue weighted by Gasteiger charge is 2.32. The van der Waals surface area contributed by atoms with E-state index in [-0.39, 0.29) is 22.8 Å². The van der Waals surface area contributed by atoms with Gasteiger partial charge in [-0.15, -0.1) is 3.71 Å². The molecule has 1 aliphatic heterocycles. The highest BCUT2D eigenvalue weighted by Crippen LogP contribution is 2.32. The molecule has 9 heteroatoms. The van der Waals surface area contributed by atoms with Gasteiger partial charge in [-0.3, -0.25) is 10.1 Å². The number of nitro groups is 1. The van der Waals surface area contributed by atoms with E-state index in [1.54, 1.807) is 48.5 Å². The molecule has 0 aliphatic carbocycles. The summed E-state index contributed by atoms with van der Waals surface area (Å²) in [5, 5.41) is 11.3. The highest BCUT2D eigenvalue weighted by molar-refractivity contribution is 8.02. The molecule has 1 heterocycles. The van der Waals surface area contributed by atoms with Crippen LogP contribution in [0.15, 0.2) is 75.0 Å². The maximum Gasteiger partial charge on any atom is 0.295 e. The Kier molecular flexibility index (Phi) is 5.54. The zero-order valence-electron chi connectivity index (χ0n) is 14.9. The minimum atomic E-state index is -3.77. The van der Waals surface area contributed by atoms with E-state index in [0.29, 0.717) is 5.75 Å². The number of nitrogens with zero attached hydrogens (tertiary/aromatic N) is 3. The first-order chi connectivity index (χ1) is 12.8. The van der Waals surface area contributed by atoms with Crippen molar-refractivity contribution in [1.29, 1.82) is 0 Å². The molecular formula is C18H19N3O4S2. The molecule has 0 fully saturated rings. The maximum atomic E-state index is 13.2. The second kappa shape index (κ2) is 7.71. The number of benzene rings is 2. The third kappa shape index (κ3) is 4.00. The van der Waals surface area contributed by atoms with Gasteiger partial charge < -0.3 is 0 Å². The molecule has 0 saturated heterocycles. The summed E-state index contributed by atoms with van der Waals surface area (Å²) in [6.45, 7) is 4.06. The van der Waals surface area contributed by atoms with Crippen LogP contribution < -0.4 is 0 Å². The van der Waals surface area contributed by atoms with E-state index in [1.165, 1.54) is 9.78 Å². The van der Waals surface area contributed by atoms with Crippen molar-refractivity contribution < 1.29 is 13.3 Å². The third-order valence-electron chi connectivity index (χ3n) is 4.27. The molecule has 27 heavy (non-hydrogen) atoms. The molecule has 0 N–H and O–H groups in total. The van der Waals surface area contributed by atoms with Crippen LogP contribution in [0.3, 0.4) is 0 Å². The van der Waals surface area contributed by atoms with E-state index >= 15 is 0 Å². The van der Waals surface area contributed by atoms with Gasteiger partial charge in [0.05, 0.1) is 9.82 Å². The van der Waals surface area contributed by atoms with E-state index < -0.39 is 25.8 Å². The summed E-state index contributed by atoms with van der Waals surface area (Å²) >= 11 is 0. The molecule has 0 radical (unpaired) electrons. The molecule has 0 bridgehead atoms. The standard InChI is InChI=1S/C18H19N3O4S2/c1-14-12-20(27(24,25)16-8-4-3-5-9-16)26(13-15(14)2)19-17-10-6-7-11-18(17)21(22)23/h3-11H,12-13H2,1-2H3/t26-/m1/s1. The summed E-state index contributed by atoms with van der Waals surface area (Å²) in [7, 11) is -4.85.